The number of H-pyrrole nitrogens is 1. The highest BCUT2D eigenvalue weighted by molar-refractivity contribution is 5.72. The van der Waals surface area contributed by atoms with E-state index >= 15 is 0 Å². The molecular weight excluding hydrogens is 164 g/mol. The van der Waals surface area contributed by atoms with Gasteiger partial charge in [-0.05, 0) is 11.6 Å². The predicted octanol–water partition coefficient (Wildman–Crippen LogP) is 0.930. The quantitative estimate of drug-likeness (QED) is 0.711. The van der Waals surface area contributed by atoms with Crippen LogP contribution in [0.2, 0.25) is 0 Å². The molecule has 0 spiro atoms. The molecule has 0 bridgehead atoms. The number of pyridine rings is 1. The third-order valence-corrected chi connectivity index (χ3v) is 1.74. The minimum atomic E-state index is 0.543. The molecule has 0 unspecified atom stereocenters. The molecule has 13 heavy (non-hydrogen) atoms. The average Bonchev–Trinajstić information content (AvgIpc) is 2.61. The number of nitrogens with one attached hydrogen (secondary N) is 1. The van der Waals surface area contributed by atoms with Crippen molar-refractivity contribution in [2.24, 2.45) is 5.73 Å². The van der Waals surface area contributed by atoms with E-state index in [1.54, 1.807) is 12.5 Å². The molecule has 0 aliphatic rings. The summed E-state index contributed by atoms with van der Waals surface area (Å²) in [6.07, 6.45) is 7.23. The molecule has 4 nitrogen and oxygen atoms in total. The van der Waals surface area contributed by atoms with E-state index in [1.165, 1.54) is 0 Å². The van der Waals surface area contributed by atoms with Crippen molar-refractivity contribution in [3.8, 4) is 0 Å². The first kappa shape index (κ1) is 7.94. The number of aromatic amines is 1. The first-order valence-electron chi connectivity index (χ1n) is 4.06. The number of hydrogen-bond acceptors (Lipinski definition) is 3. The Kier molecular flexibility index (Phi) is 2.06. The Bertz CT molecular complexity index is 430. The van der Waals surface area contributed by atoms with E-state index < -0.39 is 0 Å². The van der Waals surface area contributed by atoms with Gasteiger partial charge in [0, 0.05) is 12.7 Å². The summed E-state index contributed by atoms with van der Waals surface area (Å²) >= 11 is 0. The first-order valence-corrected chi connectivity index (χ1v) is 4.06. The van der Waals surface area contributed by atoms with Crippen LogP contribution >= 0.6 is 0 Å². The van der Waals surface area contributed by atoms with Gasteiger partial charge in [-0.3, -0.25) is 0 Å². The van der Waals surface area contributed by atoms with Crippen LogP contribution in [-0.2, 0) is 0 Å². The molecule has 2 aromatic rings. The number of aromatic nitrogens is 3. The van der Waals surface area contributed by atoms with Crippen molar-refractivity contribution in [1.29, 1.82) is 0 Å². The van der Waals surface area contributed by atoms with E-state index in [9.17, 15) is 0 Å². The molecule has 0 saturated carbocycles. The van der Waals surface area contributed by atoms with E-state index in [2.05, 4.69) is 15.0 Å². The molecule has 0 aromatic carbocycles. The van der Waals surface area contributed by atoms with E-state index in [1.807, 2.05) is 18.2 Å². The lowest BCUT2D eigenvalue weighted by Gasteiger charge is -1.91. The van der Waals surface area contributed by atoms with Crippen LogP contribution in [0.15, 0.2) is 24.7 Å². The van der Waals surface area contributed by atoms with Crippen LogP contribution in [0.3, 0.4) is 0 Å². The number of fused-ring (bicyclic) bond motifs is 1. The van der Waals surface area contributed by atoms with Crippen molar-refractivity contribution in [1.82, 2.24) is 15.0 Å². The van der Waals surface area contributed by atoms with Crippen LogP contribution < -0.4 is 5.73 Å². The highest BCUT2D eigenvalue weighted by Crippen LogP contribution is 2.09. The Morgan fingerprint density at radius 1 is 1.46 bits per heavy atom. The molecule has 0 atom stereocenters. The zero-order valence-corrected chi connectivity index (χ0v) is 7.07. The van der Waals surface area contributed by atoms with E-state index in [-0.39, 0.29) is 0 Å². The summed E-state index contributed by atoms with van der Waals surface area (Å²) in [7, 11) is 0. The van der Waals surface area contributed by atoms with Crippen LogP contribution in [0.1, 0.15) is 5.56 Å². The first-order chi connectivity index (χ1) is 6.40. The fourth-order valence-electron chi connectivity index (χ4n) is 1.14. The number of hydrogen-bond donors (Lipinski definition) is 2. The van der Waals surface area contributed by atoms with Gasteiger partial charge in [0.15, 0.2) is 5.65 Å². The van der Waals surface area contributed by atoms with Crippen molar-refractivity contribution < 1.29 is 0 Å². The SMILES string of the molecule is NCC=Cc1cnc2nc[nH]c2c1. The molecular formula is C9H10N4. The maximum Gasteiger partial charge on any atom is 0.177 e. The Labute approximate surface area is 75.5 Å². The van der Waals surface area contributed by atoms with Crippen molar-refractivity contribution >= 4 is 17.2 Å². The van der Waals surface area contributed by atoms with Crippen molar-refractivity contribution in [2.75, 3.05) is 6.54 Å². The molecule has 0 aliphatic carbocycles. The molecule has 66 valence electrons. The average molecular weight is 174 g/mol. The summed E-state index contributed by atoms with van der Waals surface area (Å²) < 4.78 is 0. The van der Waals surface area contributed by atoms with Gasteiger partial charge in [0.25, 0.3) is 0 Å². The number of rotatable bonds is 2. The molecule has 0 fully saturated rings. The van der Waals surface area contributed by atoms with Crippen molar-refractivity contribution in [3.63, 3.8) is 0 Å². The molecule has 4 heteroatoms. The summed E-state index contributed by atoms with van der Waals surface area (Å²) in [6.45, 7) is 0.543. The largest absolute Gasteiger partial charge is 0.343 e. The van der Waals surface area contributed by atoms with Gasteiger partial charge in [0.1, 0.15) is 0 Å². The molecule has 3 N–H and O–H groups in total. The minimum absolute atomic E-state index is 0.543. The fraction of sp³-hybridized carbons (Fsp3) is 0.111. The number of imidazole rings is 1. The van der Waals surface area contributed by atoms with Crippen LogP contribution in [0.25, 0.3) is 17.2 Å². The summed E-state index contributed by atoms with van der Waals surface area (Å²) in [5.41, 5.74) is 8.06. The lowest BCUT2D eigenvalue weighted by Crippen LogP contribution is -1.92. The minimum Gasteiger partial charge on any atom is -0.343 e. The number of nitrogens with zero attached hydrogens (tertiary/aromatic N) is 2. The van der Waals surface area contributed by atoms with Gasteiger partial charge < -0.3 is 10.7 Å². The molecule has 2 heterocycles. The highest BCUT2D eigenvalue weighted by atomic mass is 14.9. The van der Waals surface area contributed by atoms with Gasteiger partial charge in [0.2, 0.25) is 0 Å². The summed E-state index contributed by atoms with van der Waals surface area (Å²) in [5.74, 6) is 0. The zero-order valence-electron chi connectivity index (χ0n) is 7.07. The van der Waals surface area contributed by atoms with Crippen LogP contribution in [-0.4, -0.2) is 21.5 Å². The molecule has 0 saturated heterocycles. The molecule has 2 aromatic heterocycles. The second-order valence-corrected chi connectivity index (χ2v) is 2.68. The van der Waals surface area contributed by atoms with Gasteiger partial charge >= 0.3 is 0 Å². The predicted molar refractivity (Wildman–Crippen MR) is 52.0 cm³/mol. The lowest BCUT2D eigenvalue weighted by molar-refractivity contribution is 1.26. The van der Waals surface area contributed by atoms with Gasteiger partial charge in [-0.25, -0.2) is 9.97 Å². The van der Waals surface area contributed by atoms with Gasteiger partial charge in [-0.2, -0.15) is 0 Å². The third-order valence-electron chi connectivity index (χ3n) is 1.74. The van der Waals surface area contributed by atoms with Crippen molar-refractivity contribution in [2.45, 2.75) is 0 Å². The second kappa shape index (κ2) is 3.37. The number of nitrogens with two attached hydrogens (primary N) is 1. The molecule has 2 rings (SSSR count). The Balaban J connectivity index is 2.42. The zero-order chi connectivity index (χ0) is 9.10. The summed E-state index contributed by atoms with van der Waals surface area (Å²) in [4.78, 5) is 11.2. The molecule has 0 amide bonds. The Morgan fingerprint density at radius 3 is 3.23 bits per heavy atom. The maximum absolute atomic E-state index is 5.34. The fourth-order valence-corrected chi connectivity index (χ4v) is 1.14. The normalized spacial score (nSPS) is 11.5. The lowest BCUT2D eigenvalue weighted by atomic mass is 10.2. The Hall–Kier alpha value is -1.68. The molecule has 0 radical (unpaired) electrons. The van der Waals surface area contributed by atoms with Crippen LogP contribution in [0, 0.1) is 0 Å². The topological polar surface area (TPSA) is 67.6 Å². The standard InChI is InChI=1S/C9H10N4/c10-3-1-2-7-4-8-9(11-5-7)13-6-12-8/h1-2,4-6H,3,10H2,(H,11,12,13). The monoisotopic (exact) mass is 174 g/mol. The maximum atomic E-state index is 5.34. The van der Waals surface area contributed by atoms with Crippen LogP contribution in [0.5, 0.6) is 0 Å². The molecule has 0 aliphatic heterocycles. The second-order valence-electron chi connectivity index (χ2n) is 2.68. The smallest absolute Gasteiger partial charge is 0.177 e. The summed E-state index contributed by atoms with van der Waals surface area (Å²) in [5, 5.41) is 0. The Morgan fingerprint density at radius 2 is 2.38 bits per heavy atom. The highest BCUT2D eigenvalue weighted by Gasteiger charge is 1.95. The van der Waals surface area contributed by atoms with Gasteiger partial charge in [-0.15, -0.1) is 0 Å². The summed E-state index contributed by atoms with van der Waals surface area (Å²) in [6, 6.07) is 1.99. The van der Waals surface area contributed by atoms with E-state index in [0.717, 1.165) is 16.7 Å². The third kappa shape index (κ3) is 1.57. The van der Waals surface area contributed by atoms with Crippen LogP contribution in [0.4, 0.5) is 0 Å². The van der Waals surface area contributed by atoms with E-state index in [0.29, 0.717) is 6.54 Å². The van der Waals surface area contributed by atoms with Crippen molar-refractivity contribution in [3.05, 3.63) is 30.2 Å². The van der Waals surface area contributed by atoms with E-state index in [4.69, 9.17) is 5.73 Å². The van der Waals surface area contributed by atoms with Gasteiger partial charge in [0.05, 0.1) is 11.8 Å². The van der Waals surface area contributed by atoms with Gasteiger partial charge in [-0.1, -0.05) is 12.2 Å².